The van der Waals surface area contributed by atoms with Gasteiger partial charge < -0.3 is 10.3 Å². The quantitative estimate of drug-likeness (QED) is 0.652. The topological polar surface area (TPSA) is 56.7 Å². The summed E-state index contributed by atoms with van der Waals surface area (Å²) < 4.78 is 1.93. The Morgan fingerprint density at radius 2 is 2.25 bits per heavy atom. The third-order valence-electron chi connectivity index (χ3n) is 2.41. The van der Waals surface area contributed by atoms with Crippen LogP contribution >= 0.6 is 11.8 Å². The monoisotopic (exact) mass is 234 g/mol. The smallest absolute Gasteiger partial charge is 0.142 e. The molecular formula is C11H14N4S. The summed E-state index contributed by atoms with van der Waals surface area (Å²) in [5.74, 6) is 1.79. The largest absolute Gasteiger partial charge is 0.399 e. The van der Waals surface area contributed by atoms with E-state index in [0.29, 0.717) is 0 Å². The first-order chi connectivity index (χ1) is 7.66. The van der Waals surface area contributed by atoms with E-state index in [1.54, 1.807) is 18.1 Å². The van der Waals surface area contributed by atoms with Gasteiger partial charge in [0.15, 0.2) is 0 Å². The summed E-state index contributed by atoms with van der Waals surface area (Å²) in [6.45, 7) is 2.02. The van der Waals surface area contributed by atoms with Crippen molar-refractivity contribution in [2.45, 2.75) is 17.6 Å². The summed E-state index contributed by atoms with van der Waals surface area (Å²) in [5.41, 5.74) is 7.72. The maximum Gasteiger partial charge on any atom is 0.142 e. The molecule has 0 radical (unpaired) electrons. The van der Waals surface area contributed by atoms with Crippen molar-refractivity contribution in [1.82, 2.24) is 14.8 Å². The molecule has 0 saturated carbocycles. The first kappa shape index (κ1) is 11.0. The molecule has 2 aromatic rings. The first-order valence-corrected chi connectivity index (χ1v) is 5.97. The Balaban J connectivity index is 2.05. The van der Waals surface area contributed by atoms with Crippen LogP contribution in [0.15, 0.2) is 29.4 Å². The number of hydrogen-bond acceptors (Lipinski definition) is 4. The summed E-state index contributed by atoms with van der Waals surface area (Å²) in [6.07, 6.45) is 1.71. The number of aromatic nitrogens is 3. The van der Waals surface area contributed by atoms with E-state index >= 15 is 0 Å². The van der Waals surface area contributed by atoms with Gasteiger partial charge in [-0.25, -0.2) is 0 Å². The van der Waals surface area contributed by atoms with Crippen molar-refractivity contribution in [3.8, 4) is 0 Å². The molecule has 2 rings (SSSR count). The third kappa shape index (κ3) is 2.36. The van der Waals surface area contributed by atoms with Crippen molar-refractivity contribution in [2.24, 2.45) is 7.05 Å². The number of anilines is 1. The lowest BCUT2D eigenvalue weighted by Crippen LogP contribution is -1.94. The molecule has 0 bridgehead atoms. The second-order valence-corrected chi connectivity index (χ2v) is 4.71. The summed E-state index contributed by atoms with van der Waals surface area (Å²) >= 11 is 1.74. The summed E-state index contributed by atoms with van der Waals surface area (Å²) in [7, 11) is 1.95. The standard InChI is InChI=1S/C11H14N4S/c1-8-5-9(3-4-10(8)12)16-6-11-14-13-7-15(11)2/h3-5,7H,6,12H2,1-2H3. The zero-order chi connectivity index (χ0) is 11.5. The van der Waals surface area contributed by atoms with Crippen LogP contribution in [0.3, 0.4) is 0 Å². The summed E-state index contributed by atoms with van der Waals surface area (Å²) in [5, 5.41) is 7.88. The van der Waals surface area contributed by atoms with Crippen molar-refractivity contribution in [1.29, 1.82) is 0 Å². The van der Waals surface area contributed by atoms with E-state index in [4.69, 9.17) is 5.73 Å². The maximum absolute atomic E-state index is 5.77. The molecule has 16 heavy (non-hydrogen) atoms. The van der Waals surface area contributed by atoms with Crippen LogP contribution in [0.5, 0.6) is 0 Å². The highest BCUT2D eigenvalue weighted by atomic mass is 32.2. The van der Waals surface area contributed by atoms with Crippen LogP contribution in [0, 0.1) is 6.92 Å². The van der Waals surface area contributed by atoms with Crippen LogP contribution in [0.4, 0.5) is 5.69 Å². The molecule has 5 heteroatoms. The van der Waals surface area contributed by atoms with Crippen molar-refractivity contribution < 1.29 is 0 Å². The lowest BCUT2D eigenvalue weighted by Gasteiger charge is -2.04. The number of aryl methyl sites for hydroxylation is 2. The van der Waals surface area contributed by atoms with E-state index in [1.165, 1.54) is 4.90 Å². The number of thioether (sulfide) groups is 1. The fourth-order valence-corrected chi connectivity index (χ4v) is 2.31. The SMILES string of the molecule is Cc1cc(SCc2nncn2C)ccc1N. The third-order valence-corrected chi connectivity index (χ3v) is 3.40. The zero-order valence-electron chi connectivity index (χ0n) is 9.34. The fourth-order valence-electron chi connectivity index (χ4n) is 1.32. The minimum atomic E-state index is 0.819. The second kappa shape index (κ2) is 4.57. The molecular weight excluding hydrogens is 220 g/mol. The van der Waals surface area contributed by atoms with E-state index in [9.17, 15) is 0 Å². The Morgan fingerprint density at radius 3 is 2.88 bits per heavy atom. The molecule has 0 unspecified atom stereocenters. The Kier molecular flexibility index (Phi) is 3.14. The number of nitrogen functional groups attached to an aromatic ring is 1. The van der Waals surface area contributed by atoms with Gasteiger partial charge in [-0.2, -0.15) is 0 Å². The number of hydrogen-bond donors (Lipinski definition) is 1. The van der Waals surface area contributed by atoms with Gasteiger partial charge in [-0.3, -0.25) is 0 Å². The van der Waals surface area contributed by atoms with Crippen LogP contribution in [0.1, 0.15) is 11.4 Å². The molecule has 0 saturated heterocycles. The van der Waals surface area contributed by atoms with Gasteiger partial charge >= 0.3 is 0 Å². The molecule has 0 amide bonds. The van der Waals surface area contributed by atoms with E-state index in [-0.39, 0.29) is 0 Å². The van der Waals surface area contributed by atoms with Gasteiger partial charge in [-0.15, -0.1) is 22.0 Å². The molecule has 0 atom stereocenters. The van der Waals surface area contributed by atoms with Gasteiger partial charge in [0, 0.05) is 17.6 Å². The molecule has 1 aromatic carbocycles. The van der Waals surface area contributed by atoms with E-state index in [0.717, 1.165) is 22.8 Å². The normalized spacial score (nSPS) is 10.6. The van der Waals surface area contributed by atoms with Gasteiger partial charge in [0.2, 0.25) is 0 Å². The minimum Gasteiger partial charge on any atom is -0.399 e. The lowest BCUT2D eigenvalue weighted by molar-refractivity contribution is 0.849. The van der Waals surface area contributed by atoms with Crippen LogP contribution in [0.25, 0.3) is 0 Å². The highest BCUT2D eigenvalue weighted by Crippen LogP contribution is 2.24. The average molecular weight is 234 g/mol. The van der Waals surface area contributed by atoms with Crippen molar-refractivity contribution in [2.75, 3.05) is 5.73 Å². The summed E-state index contributed by atoms with van der Waals surface area (Å²) in [4.78, 5) is 1.20. The van der Waals surface area contributed by atoms with Crippen LogP contribution < -0.4 is 5.73 Å². The Morgan fingerprint density at radius 1 is 1.44 bits per heavy atom. The Bertz CT molecular complexity index is 492. The lowest BCUT2D eigenvalue weighted by atomic mass is 10.2. The number of nitrogens with zero attached hydrogens (tertiary/aromatic N) is 3. The Labute approximate surface area is 98.9 Å². The van der Waals surface area contributed by atoms with E-state index < -0.39 is 0 Å². The molecule has 84 valence electrons. The predicted molar refractivity (Wildman–Crippen MR) is 66.2 cm³/mol. The molecule has 1 aromatic heterocycles. The van der Waals surface area contributed by atoms with Crippen molar-refractivity contribution in [3.05, 3.63) is 35.9 Å². The minimum absolute atomic E-state index is 0.819. The van der Waals surface area contributed by atoms with Crippen LogP contribution in [0.2, 0.25) is 0 Å². The van der Waals surface area contributed by atoms with Gasteiger partial charge in [-0.05, 0) is 30.7 Å². The molecule has 0 fully saturated rings. The van der Waals surface area contributed by atoms with Gasteiger partial charge in [-0.1, -0.05) is 0 Å². The molecule has 1 heterocycles. The second-order valence-electron chi connectivity index (χ2n) is 3.67. The number of benzene rings is 1. The maximum atomic E-state index is 5.77. The predicted octanol–water partition coefficient (Wildman–Crippen LogP) is 2.00. The van der Waals surface area contributed by atoms with E-state index in [1.807, 2.05) is 30.7 Å². The molecule has 0 aliphatic carbocycles. The van der Waals surface area contributed by atoms with Crippen molar-refractivity contribution >= 4 is 17.4 Å². The first-order valence-electron chi connectivity index (χ1n) is 4.98. The van der Waals surface area contributed by atoms with Gasteiger partial charge in [0.25, 0.3) is 0 Å². The average Bonchev–Trinajstić information content (AvgIpc) is 2.66. The van der Waals surface area contributed by atoms with Gasteiger partial charge in [0.05, 0.1) is 5.75 Å². The summed E-state index contributed by atoms with van der Waals surface area (Å²) in [6, 6.07) is 6.06. The molecule has 0 spiro atoms. The Hall–Kier alpha value is -1.49. The number of nitrogens with two attached hydrogens (primary N) is 1. The molecule has 4 nitrogen and oxygen atoms in total. The van der Waals surface area contributed by atoms with Crippen molar-refractivity contribution in [3.63, 3.8) is 0 Å². The van der Waals surface area contributed by atoms with E-state index in [2.05, 4.69) is 16.3 Å². The molecule has 0 aliphatic rings. The zero-order valence-corrected chi connectivity index (χ0v) is 10.2. The van der Waals surface area contributed by atoms with Crippen LogP contribution in [-0.2, 0) is 12.8 Å². The molecule has 2 N–H and O–H groups in total. The number of rotatable bonds is 3. The van der Waals surface area contributed by atoms with Gasteiger partial charge in [0.1, 0.15) is 12.2 Å². The highest BCUT2D eigenvalue weighted by molar-refractivity contribution is 7.98. The fraction of sp³-hybridized carbons (Fsp3) is 0.273. The van der Waals surface area contributed by atoms with Crippen LogP contribution in [-0.4, -0.2) is 14.8 Å². The highest BCUT2D eigenvalue weighted by Gasteiger charge is 2.02. The molecule has 0 aliphatic heterocycles.